The number of thiol groups is 1. The Kier molecular flexibility index (Phi) is 4.22. The SMILES string of the molecule is SCCCl. The van der Waals surface area contributed by atoms with Gasteiger partial charge in [0.15, 0.2) is 0 Å². The first-order valence-electron chi connectivity index (χ1n) is 1.08. The van der Waals surface area contributed by atoms with Gasteiger partial charge in [-0.2, -0.15) is 12.6 Å². The Morgan fingerprint density at radius 3 is 2.00 bits per heavy atom. The lowest BCUT2D eigenvalue weighted by molar-refractivity contribution is 1.55. The quantitative estimate of drug-likeness (QED) is 0.368. The van der Waals surface area contributed by atoms with Crippen LogP contribution >= 0.6 is 24.2 Å². The number of alkyl halides is 1. The third-order valence-electron chi connectivity index (χ3n) is 0.0845. The van der Waals surface area contributed by atoms with Crippen molar-refractivity contribution in [3.05, 3.63) is 0 Å². The minimum atomic E-state index is 0.656. The van der Waals surface area contributed by atoms with Crippen LogP contribution in [0.2, 0.25) is 0 Å². The van der Waals surface area contributed by atoms with E-state index in [-0.39, 0.29) is 0 Å². The van der Waals surface area contributed by atoms with Gasteiger partial charge in [0, 0.05) is 11.6 Å². The summed E-state index contributed by atoms with van der Waals surface area (Å²) in [5.74, 6) is 1.44. The monoisotopic (exact) mass is 96.0 g/mol. The van der Waals surface area contributed by atoms with Crippen molar-refractivity contribution < 1.29 is 0 Å². The van der Waals surface area contributed by atoms with Gasteiger partial charge in [0.05, 0.1) is 0 Å². The van der Waals surface area contributed by atoms with Gasteiger partial charge in [0.1, 0.15) is 0 Å². The van der Waals surface area contributed by atoms with Crippen LogP contribution in [-0.2, 0) is 0 Å². The van der Waals surface area contributed by atoms with Crippen molar-refractivity contribution in [2.75, 3.05) is 11.6 Å². The summed E-state index contributed by atoms with van der Waals surface area (Å²) < 4.78 is 0. The highest BCUT2D eigenvalue weighted by Crippen LogP contribution is 1.74. The highest BCUT2D eigenvalue weighted by atomic mass is 35.5. The Balaban J connectivity index is 1.97. The van der Waals surface area contributed by atoms with Crippen LogP contribution in [-0.4, -0.2) is 11.6 Å². The summed E-state index contributed by atoms with van der Waals surface area (Å²) in [6, 6.07) is 0. The van der Waals surface area contributed by atoms with Gasteiger partial charge in [-0.05, 0) is 0 Å². The lowest BCUT2D eigenvalue weighted by atomic mass is 11.0. The topological polar surface area (TPSA) is 0 Å². The van der Waals surface area contributed by atoms with E-state index in [9.17, 15) is 0 Å². The van der Waals surface area contributed by atoms with Crippen molar-refractivity contribution in [2.45, 2.75) is 0 Å². The molecule has 0 N–H and O–H groups in total. The van der Waals surface area contributed by atoms with E-state index >= 15 is 0 Å². The van der Waals surface area contributed by atoms with Crippen LogP contribution in [0.3, 0.4) is 0 Å². The summed E-state index contributed by atoms with van der Waals surface area (Å²) >= 11 is 8.90. The van der Waals surface area contributed by atoms with E-state index in [0.29, 0.717) is 5.88 Å². The largest absolute Gasteiger partial charge is 0.178 e. The molecule has 0 aromatic heterocycles. The Morgan fingerprint density at radius 2 is 2.00 bits per heavy atom. The fourth-order valence-corrected chi connectivity index (χ4v) is 0. The molecule has 0 aliphatic carbocycles. The molecule has 0 fully saturated rings. The fraction of sp³-hybridized carbons (Fsp3) is 1.00. The Morgan fingerprint density at radius 1 is 1.75 bits per heavy atom. The standard InChI is InChI=1S/C2H5ClS/c3-1-2-4/h4H,1-2H2. The first-order chi connectivity index (χ1) is 1.91. The summed E-state index contributed by atoms with van der Waals surface area (Å²) in [5, 5.41) is 0. The zero-order chi connectivity index (χ0) is 3.41. The smallest absolute Gasteiger partial charge is 0.0311 e. The molecule has 0 rings (SSSR count). The second-order valence-corrected chi connectivity index (χ2v) is 1.24. The van der Waals surface area contributed by atoms with Crippen LogP contribution < -0.4 is 0 Å². The maximum Gasteiger partial charge on any atom is 0.0311 e. The van der Waals surface area contributed by atoms with E-state index in [1.807, 2.05) is 0 Å². The van der Waals surface area contributed by atoms with Crippen molar-refractivity contribution in [1.29, 1.82) is 0 Å². The Labute approximate surface area is 36.6 Å². The molecule has 0 saturated carbocycles. The summed E-state index contributed by atoms with van der Waals surface area (Å²) in [4.78, 5) is 0. The van der Waals surface area contributed by atoms with Crippen LogP contribution in [0.5, 0.6) is 0 Å². The molecule has 0 unspecified atom stereocenters. The molecule has 0 bridgehead atoms. The van der Waals surface area contributed by atoms with Gasteiger partial charge in [0.2, 0.25) is 0 Å². The van der Waals surface area contributed by atoms with Crippen molar-refractivity contribution >= 4 is 24.2 Å². The summed E-state index contributed by atoms with van der Waals surface area (Å²) in [6.07, 6.45) is 0. The lowest BCUT2D eigenvalue weighted by Crippen LogP contribution is -1.64. The molecular weight excluding hydrogens is 91.5 g/mol. The number of hydrogen-bond donors (Lipinski definition) is 1. The minimum Gasteiger partial charge on any atom is -0.178 e. The van der Waals surface area contributed by atoms with E-state index < -0.39 is 0 Å². The number of hydrogen-bond acceptors (Lipinski definition) is 1. The molecule has 0 aliphatic rings. The predicted octanol–water partition coefficient (Wildman–Crippen LogP) is 1.16. The van der Waals surface area contributed by atoms with Gasteiger partial charge in [-0.25, -0.2) is 0 Å². The maximum absolute atomic E-state index is 5.11. The van der Waals surface area contributed by atoms with Gasteiger partial charge in [-0.15, -0.1) is 11.6 Å². The van der Waals surface area contributed by atoms with Crippen LogP contribution in [0.4, 0.5) is 0 Å². The highest BCUT2D eigenvalue weighted by Gasteiger charge is 1.59. The molecular formula is C2H5ClS. The molecule has 0 atom stereocenters. The maximum atomic E-state index is 5.11. The highest BCUT2D eigenvalue weighted by molar-refractivity contribution is 7.80. The van der Waals surface area contributed by atoms with Gasteiger partial charge in [-0.1, -0.05) is 0 Å². The van der Waals surface area contributed by atoms with Crippen molar-refractivity contribution in [2.24, 2.45) is 0 Å². The number of rotatable bonds is 1. The average Bonchev–Trinajstić information content (AvgIpc) is 1.37. The molecule has 0 nitrogen and oxygen atoms in total. The van der Waals surface area contributed by atoms with Crippen molar-refractivity contribution in [3.8, 4) is 0 Å². The van der Waals surface area contributed by atoms with Crippen LogP contribution in [0.1, 0.15) is 0 Å². The average molecular weight is 96.6 g/mol. The molecule has 0 aliphatic heterocycles. The zero-order valence-electron chi connectivity index (χ0n) is 2.24. The van der Waals surface area contributed by atoms with Crippen molar-refractivity contribution in [3.63, 3.8) is 0 Å². The van der Waals surface area contributed by atoms with E-state index in [0.717, 1.165) is 5.75 Å². The van der Waals surface area contributed by atoms with Crippen LogP contribution in [0.15, 0.2) is 0 Å². The molecule has 0 spiro atoms. The molecule has 26 valence electrons. The van der Waals surface area contributed by atoms with E-state index in [1.54, 1.807) is 0 Å². The molecule has 0 aromatic carbocycles. The van der Waals surface area contributed by atoms with Crippen LogP contribution in [0.25, 0.3) is 0 Å². The summed E-state index contributed by atoms with van der Waals surface area (Å²) in [5.41, 5.74) is 0. The third-order valence-corrected chi connectivity index (χ3v) is 0.761. The second kappa shape index (κ2) is 3.64. The molecule has 0 saturated heterocycles. The van der Waals surface area contributed by atoms with E-state index in [4.69, 9.17) is 11.6 Å². The molecule has 0 amide bonds. The molecule has 0 heterocycles. The summed E-state index contributed by atoms with van der Waals surface area (Å²) in [7, 11) is 0. The predicted molar refractivity (Wildman–Crippen MR) is 24.6 cm³/mol. The zero-order valence-corrected chi connectivity index (χ0v) is 3.89. The number of halogens is 1. The third kappa shape index (κ3) is 2.64. The Hall–Kier alpha value is 0.640. The van der Waals surface area contributed by atoms with E-state index in [2.05, 4.69) is 12.6 Å². The first kappa shape index (κ1) is 4.64. The normalized spacial score (nSPS) is 7.50. The van der Waals surface area contributed by atoms with Gasteiger partial charge in [-0.3, -0.25) is 0 Å². The van der Waals surface area contributed by atoms with Crippen LogP contribution in [0, 0.1) is 0 Å². The lowest BCUT2D eigenvalue weighted by Gasteiger charge is -1.65. The van der Waals surface area contributed by atoms with Gasteiger partial charge >= 0.3 is 0 Å². The fourth-order valence-electron chi connectivity index (χ4n) is 0. The molecule has 0 radical (unpaired) electrons. The minimum absolute atomic E-state index is 0.656. The molecule has 0 aromatic rings. The van der Waals surface area contributed by atoms with Gasteiger partial charge in [0.25, 0.3) is 0 Å². The first-order valence-corrected chi connectivity index (χ1v) is 2.25. The summed E-state index contributed by atoms with van der Waals surface area (Å²) in [6.45, 7) is 0. The van der Waals surface area contributed by atoms with Gasteiger partial charge < -0.3 is 0 Å². The molecule has 4 heavy (non-hydrogen) atoms. The van der Waals surface area contributed by atoms with E-state index in [1.165, 1.54) is 0 Å². The van der Waals surface area contributed by atoms with Crippen molar-refractivity contribution in [1.82, 2.24) is 0 Å². The molecule has 2 heteroatoms. The second-order valence-electron chi connectivity index (χ2n) is 0.413. The Bertz CT molecular complexity index is 8.00.